The molecule has 2 aromatic rings. The molecule has 0 N–H and O–H groups in total. The number of hydrogen-bond acceptors (Lipinski definition) is 6. The van der Waals surface area contributed by atoms with Crippen molar-refractivity contribution in [3.63, 3.8) is 0 Å². The van der Waals surface area contributed by atoms with Gasteiger partial charge in [0.2, 0.25) is 15.9 Å². The van der Waals surface area contributed by atoms with Gasteiger partial charge in [0, 0.05) is 38.4 Å². The highest BCUT2D eigenvalue weighted by Crippen LogP contribution is 2.23. The maximum absolute atomic E-state index is 12.8. The number of esters is 1. The van der Waals surface area contributed by atoms with Crippen LogP contribution in [0.5, 0.6) is 0 Å². The van der Waals surface area contributed by atoms with E-state index in [1.165, 1.54) is 16.4 Å². The first kappa shape index (κ1) is 21.7. The van der Waals surface area contributed by atoms with E-state index in [9.17, 15) is 13.2 Å². The van der Waals surface area contributed by atoms with E-state index < -0.39 is 16.0 Å². The van der Waals surface area contributed by atoms with Crippen LogP contribution in [0, 0.1) is 0 Å². The van der Waals surface area contributed by atoms with Crippen molar-refractivity contribution >= 4 is 33.7 Å². The van der Waals surface area contributed by atoms with Crippen LogP contribution in [-0.4, -0.2) is 51.8 Å². The van der Waals surface area contributed by atoms with Gasteiger partial charge in [-0.1, -0.05) is 32.0 Å². The number of hydrogen-bond donors (Lipinski definition) is 0. The van der Waals surface area contributed by atoms with E-state index in [0.29, 0.717) is 18.7 Å². The second-order valence-corrected chi connectivity index (χ2v) is 8.88. The fourth-order valence-electron chi connectivity index (χ4n) is 3.06. The lowest BCUT2D eigenvalue weighted by atomic mass is 10.1. The molecule has 8 heteroatoms. The number of benzene rings is 2. The van der Waals surface area contributed by atoms with Crippen LogP contribution >= 0.6 is 0 Å². The molecule has 1 aliphatic rings. The van der Waals surface area contributed by atoms with E-state index in [1.54, 1.807) is 32.1 Å². The van der Waals surface area contributed by atoms with Crippen LogP contribution in [-0.2, 0) is 19.6 Å². The molecule has 0 amide bonds. The number of anilines is 1. The Morgan fingerprint density at radius 1 is 1.03 bits per heavy atom. The summed E-state index contributed by atoms with van der Waals surface area (Å²) in [7, 11) is 0.282. The van der Waals surface area contributed by atoms with E-state index in [0.717, 1.165) is 11.3 Å². The van der Waals surface area contributed by atoms with Gasteiger partial charge in [-0.3, -0.25) is 0 Å². The van der Waals surface area contributed by atoms with E-state index >= 15 is 0 Å². The molecule has 158 valence electrons. The summed E-state index contributed by atoms with van der Waals surface area (Å²) >= 11 is 0. The van der Waals surface area contributed by atoms with Crippen molar-refractivity contribution < 1.29 is 17.9 Å². The average molecular weight is 428 g/mol. The highest BCUT2D eigenvalue weighted by Gasteiger charge is 2.27. The molecule has 1 aliphatic heterocycles. The van der Waals surface area contributed by atoms with Crippen molar-refractivity contribution in [1.29, 1.82) is 0 Å². The van der Waals surface area contributed by atoms with Gasteiger partial charge < -0.3 is 9.64 Å². The lowest BCUT2D eigenvalue weighted by molar-refractivity contribution is -0.129. The number of nitrogens with zero attached hydrogens (tertiary/aromatic N) is 3. The average Bonchev–Trinajstić information content (AvgIpc) is 3.09. The molecule has 1 heterocycles. The summed E-state index contributed by atoms with van der Waals surface area (Å²) in [5, 5.41) is 0. The predicted molar refractivity (Wildman–Crippen MR) is 118 cm³/mol. The number of aliphatic imine (C=N–C) groups is 1. The number of carbonyl (C=O) groups is 1. The van der Waals surface area contributed by atoms with E-state index in [1.807, 2.05) is 43.3 Å². The molecule has 7 nitrogen and oxygen atoms in total. The van der Waals surface area contributed by atoms with Crippen molar-refractivity contribution in [3.05, 3.63) is 65.4 Å². The Bertz CT molecular complexity index is 1100. The first-order valence-electron chi connectivity index (χ1n) is 9.66. The van der Waals surface area contributed by atoms with Crippen molar-refractivity contribution in [3.8, 4) is 0 Å². The highest BCUT2D eigenvalue weighted by atomic mass is 32.2. The second-order valence-electron chi connectivity index (χ2n) is 6.94. The molecular weight excluding hydrogens is 402 g/mol. The fraction of sp³-hybridized carbons (Fsp3) is 0.273. The van der Waals surface area contributed by atoms with Crippen LogP contribution in [0.4, 0.5) is 5.69 Å². The second kappa shape index (κ2) is 8.81. The molecule has 0 fully saturated rings. The SMILES string of the molecule is CCN(CC)S(=O)(=O)c1cccc(C2=N/C(=C\c3ccc(N(C)C)cc3)C(=O)O2)c1. The monoisotopic (exact) mass is 427 g/mol. The van der Waals surface area contributed by atoms with Gasteiger partial charge in [0.1, 0.15) is 0 Å². The maximum Gasteiger partial charge on any atom is 0.363 e. The van der Waals surface area contributed by atoms with Gasteiger partial charge in [0.15, 0.2) is 5.70 Å². The minimum absolute atomic E-state index is 0.0905. The summed E-state index contributed by atoms with van der Waals surface area (Å²) in [5.41, 5.74) is 2.46. The van der Waals surface area contributed by atoms with Crippen LogP contribution in [0.2, 0.25) is 0 Å². The molecule has 2 aromatic carbocycles. The van der Waals surface area contributed by atoms with Crippen LogP contribution < -0.4 is 4.90 Å². The largest absolute Gasteiger partial charge is 0.402 e. The number of ether oxygens (including phenoxy) is 1. The molecule has 0 spiro atoms. The Hall–Kier alpha value is -2.97. The number of rotatable bonds is 7. The molecular formula is C22H25N3O4S. The molecule has 0 radical (unpaired) electrons. The zero-order valence-electron chi connectivity index (χ0n) is 17.5. The molecule has 0 saturated carbocycles. The predicted octanol–water partition coefficient (Wildman–Crippen LogP) is 3.13. The number of cyclic esters (lactones) is 1. The number of carbonyl (C=O) groups excluding carboxylic acids is 1. The summed E-state index contributed by atoms with van der Waals surface area (Å²) in [4.78, 5) is 18.7. The molecule has 3 rings (SSSR count). The number of sulfonamides is 1. The summed E-state index contributed by atoms with van der Waals surface area (Å²) in [6, 6.07) is 14.0. The smallest absolute Gasteiger partial charge is 0.363 e. The van der Waals surface area contributed by atoms with E-state index in [-0.39, 0.29) is 16.5 Å². The Kier molecular flexibility index (Phi) is 6.38. The van der Waals surface area contributed by atoms with Gasteiger partial charge in [0.25, 0.3) is 0 Å². The fourth-order valence-corrected chi connectivity index (χ4v) is 4.57. The van der Waals surface area contributed by atoms with Crippen LogP contribution in [0.3, 0.4) is 0 Å². The first-order chi connectivity index (χ1) is 14.3. The topological polar surface area (TPSA) is 79.3 Å². The molecule has 0 aliphatic carbocycles. The highest BCUT2D eigenvalue weighted by molar-refractivity contribution is 7.89. The van der Waals surface area contributed by atoms with Crippen molar-refractivity contribution in [2.45, 2.75) is 18.7 Å². The van der Waals surface area contributed by atoms with Gasteiger partial charge in [0.05, 0.1) is 4.90 Å². The minimum Gasteiger partial charge on any atom is -0.402 e. The normalized spacial score (nSPS) is 15.4. The van der Waals surface area contributed by atoms with Gasteiger partial charge in [-0.2, -0.15) is 4.31 Å². The molecule has 0 unspecified atom stereocenters. The van der Waals surface area contributed by atoms with Crippen molar-refractivity contribution in [2.75, 3.05) is 32.1 Å². The zero-order chi connectivity index (χ0) is 21.9. The van der Waals surface area contributed by atoms with Crippen LogP contribution in [0.15, 0.2) is 64.1 Å². The van der Waals surface area contributed by atoms with E-state index in [2.05, 4.69) is 4.99 Å². The van der Waals surface area contributed by atoms with Crippen molar-refractivity contribution in [1.82, 2.24) is 4.31 Å². The third-order valence-electron chi connectivity index (χ3n) is 4.76. The molecule has 0 atom stereocenters. The third-order valence-corrected chi connectivity index (χ3v) is 6.80. The summed E-state index contributed by atoms with van der Waals surface area (Å²) in [6.07, 6.45) is 1.64. The van der Waals surface area contributed by atoms with Gasteiger partial charge in [-0.05, 0) is 42.0 Å². The van der Waals surface area contributed by atoms with Gasteiger partial charge in [-0.25, -0.2) is 18.2 Å². The Morgan fingerprint density at radius 2 is 1.70 bits per heavy atom. The van der Waals surface area contributed by atoms with Gasteiger partial charge >= 0.3 is 5.97 Å². The standard InChI is InChI=1S/C22H25N3O4S/c1-5-25(6-2)30(27,28)19-9-7-8-17(15-19)21-23-20(22(26)29-21)14-16-10-12-18(13-11-16)24(3)4/h7-15H,5-6H2,1-4H3/b20-14-. The lowest BCUT2D eigenvalue weighted by Crippen LogP contribution is -2.30. The summed E-state index contributed by atoms with van der Waals surface area (Å²) in [6.45, 7) is 4.32. The summed E-state index contributed by atoms with van der Waals surface area (Å²) in [5.74, 6) is -0.480. The first-order valence-corrected chi connectivity index (χ1v) is 11.1. The van der Waals surface area contributed by atoms with E-state index in [4.69, 9.17) is 4.74 Å². The minimum atomic E-state index is -3.62. The molecule has 0 aromatic heterocycles. The quantitative estimate of drug-likeness (QED) is 0.501. The summed E-state index contributed by atoms with van der Waals surface area (Å²) < 4.78 is 32.2. The zero-order valence-corrected chi connectivity index (χ0v) is 18.3. The molecule has 30 heavy (non-hydrogen) atoms. The van der Waals surface area contributed by atoms with Crippen LogP contribution in [0.25, 0.3) is 6.08 Å². The molecule has 0 saturated heterocycles. The maximum atomic E-state index is 12.8. The van der Waals surface area contributed by atoms with Crippen molar-refractivity contribution in [2.24, 2.45) is 4.99 Å². The Labute approximate surface area is 177 Å². The Balaban J connectivity index is 1.91. The van der Waals surface area contributed by atoms with Gasteiger partial charge in [-0.15, -0.1) is 0 Å². The Morgan fingerprint density at radius 3 is 2.30 bits per heavy atom. The third kappa shape index (κ3) is 4.44. The molecule has 0 bridgehead atoms. The van der Waals surface area contributed by atoms with Crippen LogP contribution in [0.1, 0.15) is 25.0 Å². The lowest BCUT2D eigenvalue weighted by Gasteiger charge is -2.18.